The fourth-order valence-corrected chi connectivity index (χ4v) is 2.56. The van der Waals surface area contributed by atoms with Gasteiger partial charge in [-0.25, -0.2) is 4.39 Å². The molecule has 0 spiro atoms. The summed E-state index contributed by atoms with van der Waals surface area (Å²) < 4.78 is 15.1. The van der Waals surface area contributed by atoms with Gasteiger partial charge in [-0.2, -0.15) is 0 Å². The van der Waals surface area contributed by atoms with Crippen LogP contribution in [0.1, 0.15) is 12.1 Å². The smallest absolute Gasteiger partial charge is 0.308 e. The monoisotopic (exact) mass is 233 g/mol. The maximum absolute atomic E-state index is 13.1. The lowest BCUT2D eigenvalue weighted by Crippen LogP contribution is -2.26. The van der Waals surface area contributed by atoms with Crippen molar-refractivity contribution in [2.45, 2.75) is 19.4 Å². The van der Waals surface area contributed by atoms with Gasteiger partial charge in [-0.3, -0.25) is 4.79 Å². The first-order chi connectivity index (χ1) is 8.15. The Morgan fingerprint density at radius 2 is 2.24 bits per heavy atom. The molecule has 1 aromatic carbocycles. The van der Waals surface area contributed by atoms with Crippen molar-refractivity contribution in [1.82, 2.24) is 4.57 Å². The van der Waals surface area contributed by atoms with Gasteiger partial charge in [-0.1, -0.05) is 0 Å². The van der Waals surface area contributed by atoms with E-state index in [0.717, 1.165) is 23.0 Å². The van der Waals surface area contributed by atoms with Gasteiger partial charge in [0.1, 0.15) is 5.82 Å². The van der Waals surface area contributed by atoms with Crippen molar-refractivity contribution in [3.63, 3.8) is 0 Å². The molecule has 0 aliphatic carbocycles. The highest BCUT2D eigenvalue weighted by Gasteiger charge is 2.25. The molecule has 2 aromatic rings. The first kappa shape index (κ1) is 10.3. The molecule has 1 N–H and O–H groups in total. The molecule has 4 heteroatoms. The lowest BCUT2D eigenvalue weighted by Gasteiger charge is -2.22. The lowest BCUT2D eigenvalue weighted by atomic mass is 9.98. The SMILES string of the molecule is O=C(O)C1CCc2cc3cc(F)ccc3n2C1. The molecule has 0 amide bonds. The number of hydrogen-bond donors (Lipinski definition) is 1. The third-order valence-corrected chi connectivity index (χ3v) is 3.45. The van der Waals surface area contributed by atoms with Crippen LogP contribution in [-0.2, 0) is 17.8 Å². The maximum Gasteiger partial charge on any atom is 0.308 e. The largest absolute Gasteiger partial charge is 0.481 e. The van der Waals surface area contributed by atoms with Crippen LogP contribution in [0.5, 0.6) is 0 Å². The van der Waals surface area contributed by atoms with E-state index in [1.54, 1.807) is 6.07 Å². The van der Waals surface area contributed by atoms with Crippen molar-refractivity contribution in [2.75, 3.05) is 0 Å². The summed E-state index contributed by atoms with van der Waals surface area (Å²) in [4.78, 5) is 11.0. The Kier molecular flexibility index (Phi) is 2.18. The minimum Gasteiger partial charge on any atom is -0.481 e. The Labute approximate surface area is 97.5 Å². The number of carboxylic acid groups (broad SMARTS) is 1. The Hall–Kier alpha value is -1.84. The molecule has 1 aliphatic rings. The van der Waals surface area contributed by atoms with Gasteiger partial charge in [0.15, 0.2) is 0 Å². The molecule has 17 heavy (non-hydrogen) atoms. The molecule has 0 bridgehead atoms. The maximum atomic E-state index is 13.1. The number of carbonyl (C=O) groups is 1. The third kappa shape index (κ3) is 1.60. The molecule has 3 nitrogen and oxygen atoms in total. The number of fused-ring (bicyclic) bond motifs is 3. The average Bonchev–Trinajstić information content (AvgIpc) is 2.64. The molecule has 0 fully saturated rings. The van der Waals surface area contributed by atoms with Crippen LogP contribution in [0, 0.1) is 11.7 Å². The quantitative estimate of drug-likeness (QED) is 0.822. The number of nitrogens with zero attached hydrogens (tertiary/aromatic N) is 1. The molecular formula is C13H12FNO2. The molecule has 1 atom stereocenters. The van der Waals surface area contributed by atoms with Crippen molar-refractivity contribution in [2.24, 2.45) is 5.92 Å². The highest BCUT2D eigenvalue weighted by atomic mass is 19.1. The van der Waals surface area contributed by atoms with Gasteiger partial charge in [0.25, 0.3) is 0 Å². The summed E-state index contributed by atoms with van der Waals surface area (Å²) in [6, 6.07) is 6.59. The second-order valence-corrected chi connectivity index (χ2v) is 4.52. The van der Waals surface area contributed by atoms with Crippen LogP contribution < -0.4 is 0 Å². The number of halogens is 1. The summed E-state index contributed by atoms with van der Waals surface area (Å²) in [6.45, 7) is 0.486. The van der Waals surface area contributed by atoms with E-state index in [2.05, 4.69) is 0 Å². The topological polar surface area (TPSA) is 42.2 Å². The Morgan fingerprint density at radius 1 is 1.41 bits per heavy atom. The summed E-state index contributed by atoms with van der Waals surface area (Å²) in [6.07, 6.45) is 1.40. The van der Waals surface area contributed by atoms with Crippen LogP contribution in [-0.4, -0.2) is 15.6 Å². The highest BCUT2D eigenvalue weighted by molar-refractivity contribution is 5.82. The minimum absolute atomic E-state index is 0.254. The van der Waals surface area contributed by atoms with Gasteiger partial charge in [0, 0.05) is 23.1 Å². The van der Waals surface area contributed by atoms with Crippen molar-refractivity contribution < 1.29 is 14.3 Å². The van der Waals surface area contributed by atoms with E-state index in [4.69, 9.17) is 5.11 Å². The molecule has 1 aromatic heterocycles. The zero-order chi connectivity index (χ0) is 12.0. The number of hydrogen-bond acceptors (Lipinski definition) is 1. The Bertz CT molecular complexity index is 603. The minimum atomic E-state index is -0.750. The van der Waals surface area contributed by atoms with Crippen molar-refractivity contribution in [1.29, 1.82) is 0 Å². The highest BCUT2D eigenvalue weighted by Crippen LogP contribution is 2.28. The Balaban J connectivity index is 2.12. The van der Waals surface area contributed by atoms with E-state index in [9.17, 15) is 9.18 Å². The lowest BCUT2D eigenvalue weighted by molar-refractivity contribution is -0.142. The number of aromatic nitrogens is 1. The predicted octanol–water partition coefficient (Wildman–Crippen LogP) is 2.43. The van der Waals surface area contributed by atoms with Gasteiger partial charge in [0.05, 0.1) is 5.92 Å². The van der Waals surface area contributed by atoms with Gasteiger partial charge in [0.2, 0.25) is 0 Å². The van der Waals surface area contributed by atoms with E-state index in [0.29, 0.717) is 13.0 Å². The third-order valence-electron chi connectivity index (χ3n) is 3.45. The van der Waals surface area contributed by atoms with Gasteiger partial charge in [-0.15, -0.1) is 0 Å². The number of benzene rings is 1. The number of aliphatic carboxylic acids is 1. The van der Waals surface area contributed by atoms with Gasteiger partial charge < -0.3 is 9.67 Å². The number of carboxylic acids is 1. The molecular weight excluding hydrogens is 221 g/mol. The van der Waals surface area contributed by atoms with Crippen molar-refractivity contribution in [3.8, 4) is 0 Å². The molecule has 0 saturated carbocycles. The standard InChI is InChI=1S/C13H12FNO2/c14-10-2-4-12-9(5-10)6-11-3-1-8(13(16)17)7-15(11)12/h2,4-6,8H,1,3,7H2,(H,16,17). The van der Waals surface area contributed by atoms with Gasteiger partial charge in [-0.05, 0) is 37.1 Å². The van der Waals surface area contributed by atoms with Crippen LogP contribution in [0.3, 0.4) is 0 Å². The second-order valence-electron chi connectivity index (χ2n) is 4.52. The van der Waals surface area contributed by atoms with Crippen LogP contribution in [0.25, 0.3) is 10.9 Å². The van der Waals surface area contributed by atoms with Crippen LogP contribution >= 0.6 is 0 Å². The summed E-state index contributed by atoms with van der Waals surface area (Å²) in [5.74, 6) is -1.34. The molecule has 2 heterocycles. The molecule has 1 unspecified atom stereocenters. The molecule has 0 radical (unpaired) electrons. The van der Waals surface area contributed by atoms with Crippen LogP contribution in [0.2, 0.25) is 0 Å². The van der Waals surface area contributed by atoms with Crippen molar-refractivity contribution >= 4 is 16.9 Å². The van der Waals surface area contributed by atoms with Crippen LogP contribution in [0.15, 0.2) is 24.3 Å². The first-order valence-electron chi connectivity index (χ1n) is 5.65. The normalized spacial score (nSPS) is 19.2. The Morgan fingerprint density at radius 3 is 3.00 bits per heavy atom. The molecule has 1 aliphatic heterocycles. The van der Waals surface area contributed by atoms with Crippen molar-refractivity contribution in [3.05, 3.63) is 35.8 Å². The second kappa shape index (κ2) is 3.58. The fourth-order valence-electron chi connectivity index (χ4n) is 2.56. The fraction of sp³-hybridized carbons (Fsp3) is 0.308. The van der Waals surface area contributed by atoms with Crippen LogP contribution in [0.4, 0.5) is 4.39 Å². The number of rotatable bonds is 1. The van der Waals surface area contributed by atoms with E-state index < -0.39 is 5.97 Å². The first-order valence-corrected chi connectivity index (χ1v) is 5.65. The summed E-state index contributed by atoms with van der Waals surface area (Å²) in [7, 11) is 0. The van der Waals surface area contributed by atoms with E-state index in [1.807, 2.05) is 10.6 Å². The molecule has 0 saturated heterocycles. The summed E-state index contributed by atoms with van der Waals surface area (Å²) in [5, 5.41) is 9.90. The number of aryl methyl sites for hydroxylation is 1. The predicted molar refractivity (Wildman–Crippen MR) is 61.3 cm³/mol. The molecule has 3 rings (SSSR count). The van der Waals surface area contributed by atoms with E-state index in [-0.39, 0.29) is 11.7 Å². The summed E-state index contributed by atoms with van der Waals surface area (Å²) >= 11 is 0. The summed E-state index contributed by atoms with van der Waals surface area (Å²) in [5.41, 5.74) is 2.02. The average molecular weight is 233 g/mol. The van der Waals surface area contributed by atoms with E-state index >= 15 is 0 Å². The zero-order valence-corrected chi connectivity index (χ0v) is 9.19. The van der Waals surface area contributed by atoms with E-state index in [1.165, 1.54) is 12.1 Å². The van der Waals surface area contributed by atoms with Gasteiger partial charge >= 0.3 is 5.97 Å². The zero-order valence-electron chi connectivity index (χ0n) is 9.19. The molecule has 88 valence electrons.